The Morgan fingerprint density at radius 1 is 1.16 bits per heavy atom. The minimum atomic E-state index is -0.263. The largest absolute Gasteiger partial charge is 0.353 e. The molecule has 0 unspecified atom stereocenters. The van der Waals surface area contributed by atoms with Crippen LogP contribution in [-0.4, -0.2) is 18.0 Å². The zero-order valence-corrected chi connectivity index (χ0v) is 11.8. The molecule has 0 atom stereocenters. The molecule has 3 N–H and O–H groups in total. The van der Waals surface area contributed by atoms with Crippen molar-refractivity contribution < 1.29 is 4.79 Å². The molecule has 0 radical (unpaired) electrons. The highest BCUT2D eigenvalue weighted by Crippen LogP contribution is 2.48. The Kier molecular flexibility index (Phi) is 3.88. The first-order valence-corrected chi connectivity index (χ1v) is 6.77. The maximum absolute atomic E-state index is 12.3. The number of halogens is 1. The summed E-state index contributed by atoms with van der Waals surface area (Å²) in [5, 5.41) is 3.06. The van der Waals surface area contributed by atoms with Crippen LogP contribution in [0.4, 0.5) is 0 Å². The van der Waals surface area contributed by atoms with E-state index >= 15 is 0 Å². The van der Waals surface area contributed by atoms with E-state index in [1.807, 2.05) is 30.3 Å². The quantitative estimate of drug-likeness (QED) is 0.888. The van der Waals surface area contributed by atoms with Crippen molar-refractivity contribution in [2.75, 3.05) is 6.54 Å². The van der Waals surface area contributed by atoms with Gasteiger partial charge in [0.1, 0.15) is 0 Å². The van der Waals surface area contributed by atoms with E-state index in [0.717, 1.165) is 31.2 Å². The van der Waals surface area contributed by atoms with E-state index in [2.05, 4.69) is 5.32 Å². The van der Waals surface area contributed by atoms with E-state index in [9.17, 15) is 4.79 Å². The van der Waals surface area contributed by atoms with E-state index in [4.69, 9.17) is 5.73 Å². The predicted molar refractivity (Wildman–Crippen MR) is 78.4 cm³/mol. The van der Waals surface area contributed by atoms with Gasteiger partial charge in [0.15, 0.2) is 0 Å². The predicted octanol–water partition coefficient (Wildman–Crippen LogP) is 2.14. The molecule has 19 heavy (non-hydrogen) atoms. The molecule has 0 aliphatic heterocycles. The molecule has 1 aromatic carbocycles. The van der Waals surface area contributed by atoms with Crippen LogP contribution in [0.2, 0.25) is 0 Å². The Bertz CT molecular complexity index is 452. The summed E-state index contributed by atoms with van der Waals surface area (Å²) < 4.78 is 0. The van der Waals surface area contributed by atoms with Crippen LogP contribution in [0, 0.1) is 0 Å². The zero-order valence-electron chi connectivity index (χ0n) is 11.0. The summed E-state index contributed by atoms with van der Waals surface area (Å²) in [6, 6.07) is 10.1. The fraction of sp³-hybridized carbons (Fsp3) is 0.533. The molecular formula is C15H21ClN2O. The fourth-order valence-corrected chi connectivity index (χ4v) is 2.76. The van der Waals surface area contributed by atoms with Gasteiger partial charge in [0, 0.05) is 12.1 Å². The summed E-state index contributed by atoms with van der Waals surface area (Å²) in [6.45, 7) is 0.625. The van der Waals surface area contributed by atoms with Gasteiger partial charge in [-0.2, -0.15) is 0 Å². The molecule has 0 spiro atoms. The lowest BCUT2D eigenvalue weighted by Gasteiger charge is -2.38. The van der Waals surface area contributed by atoms with Crippen LogP contribution in [0.15, 0.2) is 30.3 Å². The molecule has 1 amide bonds. The number of amides is 1. The van der Waals surface area contributed by atoms with Crippen LogP contribution >= 0.6 is 12.4 Å². The second-order valence-electron chi connectivity index (χ2n) is 5.85. The molecule has 3 nitrogen and oxygen atoms in total. The summed E-state index contributed by atoms with van der Waals surface area (Å²) in [6.07, 6.45) is 5.17. The lowest BCUT2D eigenvalue weighted by Crippen LogP contribution is -2.56. The van der Waals surface area contributed by atoms with Gasteiger partial charge in [0.2, 0.25) is 5.91 Å². The van der Waals surface area contributed by atoms with Crippen molar-refractivity contribution in [3.8, 4) is 0 Å². The number of carbonyl (C=O) groups is 1. The third-order valence-electron chi connectivity index (χ3n) is 4.46. The molecule has 104 valence electrons. The molecule has 0 bridgehead atoms. The molecule has 2 aliphatic rings. The Labute approximate surface area is 120 Å². The van der Waals surface area contributed by atoms with Gasteiger partial charge >= 0.3 is 0 Å². The lowest BCUT2D eigenvalue weighted by molar-refractivity contribution is -0.124. The lowest BCUT2D eigenvalue weighted by atomic mass is 9.77. The summed E-state index contributed by atoms with van der Waals surface area (Å²) in [7, 11) is 0. The van der Waals surface area contributed by atoms with Gasteiger partial charge in [0.25, 0.3) is 0 Å². The number of hydrogen-bond donors (Lipinski definition) is 2. The van der Waals surface area contributed by atoms with Crippen LogP contribution in [0.5, 0.6) is 0 Å². The number of benzene rings is 1. The molecule has 2 saturated carbocycles. The van der Waals surface area contributed by atoms with Gasteiger partial charge < -0.3 is 11.1 Å². The Morgan fingerprint density at radius 2 is 1.79 bits per heavy atom. The number of nitrogens with two attached hydrogens (primary N) is 1. The maximum atomic E-state index is 12.3. The maximum Gasteiger partial charge on any atom is 0.230 e. The highest BCUT2D eigenvalue weighted by atomic mass is 35.5. The van der Waals surface area contributed by atoms with E-state index in [1.54, 1.807) is 0 Å². The smallest absolute Gasteiger partial charge is 0.230 e. The van der Waals surface area contributed by atoms with Gasteiger partial charge in [-0.15, -0.1) is 12.4 Å². The number of nitrogens with one attached hydrogen (secondary N) is 1. The first-order chi connectivity index (χ1) is 8.65. The Balaban J connectivity index is 0.00000133. The van der Waals surface area contributed by atoms with Crippen molar-refractivity contribution in [2.45, 2.75) is 43.1 Å². The molecule has 0 heterocycles. The van der Waals surface area contributed by atoms with Crippen molar-refractivity contribution in [3.05, 3.63) is 35.9 Å². The molecular weight excluding hydrogens is 260 g/mol. The standard InChI is InChI=1S/C15H20N2O.ClH/c16-14(7-4-8-14)11-17-13(18)15(9-10-15)12-5-2-1-3-6-12;/h1-3,5-6H,4,7-11,16H2,(H,17,18);1H. The number of carbonyl (C=O) groups excluding carboxylic acids is 1. The molecule has 3 rings (SSSR count). The van der Waals surface area contributed by atoms with Crippen LogP contribution in [0.25, 0.3) is 0 Å². The monoisotopic (exact) mass is 280 g/mol. The summed E-state index contributed by atoms with van der Waals surface area (Å²) in [5.74, 6) is 0.158. The molecule has 0 saturated heterocycles. The number of rotatable bonds is 4. The second kappa shape index (κ2) is 5.14. The first kappa shape index (κ1) is 14.4. The average molecular weight is 281 g/mol. The van der Waals surface area contributed by atoms with E-state index in [-0.39, 0.29) is 29.3 Å². The van der Waals surface area contributed by atoms with Crippen molar-refractivity contribution in [2.24, 2.45) is 5.73 Å². The summed E-state index contributed by atoms with van der Waals surface area (Å²) in [5.41, 5.74) is 6.88. The van der Waals surface area contributed by atoms with Gasteiger partial charge in [0.05, 0.1) is 5.41 Å². The molecule has 2 fully saturated rings. The third-order valence-corrected chi connectivity index (χ3v) is 4.46. The summed E-state index contributed by atoms with van der Waals surface area (Å²) >= 11 is 0. The van der Waals surface area contributed by atoms with Crippen LogP contribution < -0.4 is 11.1 Å². The minimum absolute atomic E-state index is 0. The highest BCUT2D eigenvalue weighted by Gasteiger charge is 2.51. The van der Waals surface area contributed by atoms with Gasteiger partial charge in [-0.05, 0) is 37.7 Å². The van der Waals surface area contributed by atoms with Crippen LogP contribution in [0.1, 0.15) is 37.7 Å². The Hall–Kier alpha value is -1.06. The third kappa shape index (κ3) is 2.63. The Morgan fingerprint density at radius 3 is 2.26 bits per heavy atom. The van der Waals surface area contributed by atoms with Crippen molar-refractivity contribution in [3.63, 3.8) is 0 Å². The van der Waals surface area contributed by atoms with Crippen molar-refractivity contribution >= 4 is 18.3 Å². The normalized spacial score (nSPS) is 21.7. The molecule has 4 heteroatoms. The van der Waals surface area contributed by atoms with Gasteiger partial charge in [-0.3, -0.25) is 4.79 Å². The SMILES string of the molecule is Cl.NC1(CNC(=O)C2(c3ccccc3)CC2)CCC1. The van der Waals surface area contributed by atoms with Crippen molar-refractivity contribution in [1.29, 1.82) is 0 Å². The molecule has 0 aromatic heterocycles. The minimum Gasteiger partial charge on any atom is -0.353 e. The summed E-state index contributed by atoms with van der Waals surface area (Å²) in [4.78, 5) is 12.3. The fourth-order valence-electron chi connectivity index (χ4n) is 2.76. The van der Waals surface area contributed by atoms with Gasteiger partial charge in [-0.1, -0.05) is 30.3 Å². The van der Waals surface area contributed by atoms with E-state index in [1.165, 1.54) is 6.42 Å². The van der Waals surface area contributed by atoms with E-state index in [0.29, 0.717) is 6.54 Å². The van der Waals surface area contributed by atoms with Crippen molar-refractivity contribution in [1.82, 2.24) is 5.32 Å². The average Bonchev–Trinajstić information content (AvgIpc) is 3.16. The zero-order chi connectivity index (χ0) is 12.6. The van der Waals surface area contributed by atoms with Crippen LogP contribution in [0.3, 0.4) is 0 Å². The topological polar surface area (TPSA) is 55.1 Å². The molecule has 1 aromatic rings. The van der Waals surface area contributed by atoms with E-state index < -0.39 is 0 Å². The second-order valence-corrected chi connectivity index (χ2v) is 5.85. The number of hydrogen-bond acceptors (Lipinski definition) is 2. The molecule has 2 aliphatic carbocycles. The highest BCUT2D eigenvalue weighted by molar-refractivity contribution is 5.91. The van der Waals surface area contributed by atoms with Gasteiger partial charge in [-0.25, -0.2) is 0 Å². The first-order valence-electron chi connectivity index (χ1n) is 6.77. The van der Waals surface area contributed by atoms with Crippen LogP contribution in [-0.2, 0) is 10.2 Å².